The zero-order valence-corrected chi connectivity index (χ0v) is 9.58. The quantitative estimate of drug-likeness (QED) is 0.776. The van der Waals surface area contributed by atoms with Crippen molar-refractivity contribution < 1.29 is 9.84 Å². The van der Waals surface area contributed by atoms with Gasteiger partial charge in [-0.3, -0.25) is 0 Å². The molecule has 18 heavy (non-hydrogen) atoms. The number of hydrogen-bond donors (Lipinski definition) is 1. The third-order valence-electron chi connectivity index (χ3n) is 3.18. The summed E-state index contributed by atoms with van der Waals surface area (Å²) >= 11 is 0. The number of nitriles is 1. The topological polar surface area (TPSA) is 53.2 Å². The minimum atomic E-state index is -1.07. The smallest absolute Gasteiger partial charge is 0.151 e. The van der Waals surface area contributed by atoms with Crippen molar-refractivity contribution in [1.82, 2.24) is 0 Å². The molecule has 0 saturated heterocycles. The summed E-state index contributed by atoms with van der Waals surface area (Å²) in [5.41, 5.74) is 1.70. The van der Waals surface area contributed by atoms with Crippen LogP contribution >= 0.6 is 0 Å². The number of aliphatic hydroxyl groups excluding tert-OH is 1. The van der Waals surface area contributed by atoms with Crippen molar-refractivity contribution in [3.8, 4) is 17.6 Å². The fourth-order valence-electron chi connectivity index (χ4n) is 2.36. The summed E-state index contributed by atoms with van der Waals surface area (Å²) in [5.74, 6) is 1.06. The van der Waals surface area contributed by atoms with Crippen LogP contribution < -0.4 is 4.74 Å². The second-order valence-electron chi connectivity index (χ2n) is 4.23. The maximum Gasteiger partial charge on any atom is 0.151 e. The Morgan fingerprint density at radius 3 is 2.00 bits per heavy atom. The van der Waals surface area contributed by atoms with Crippen molar-refractivity contribution in [2.45, 2.75) is 12.0 Å². The Balaban J connectivity index is 2.21. The maximum absolute atomic E-state index is 9.96. The van der Waals surface area contributed by atoms with Gasteiger partial charge >= 0.3 is 0 Å². The molecule has 0 spiro atoms. The summed E-state index contributed by atoms with van der Waals surface area (Å²) in [5, 5.41) is 19.0. The van der Waals surface area contributed by atoms with E-state index in [2.05, 4.69) is 0 Å². The molecular formula is C15H11NO2. The van der Waals surface area contributed by atoms with Crippen molar-refractivity contribution in [1.29, 1.82) is 5.26 Å². The molecule has 2 aromatic carbocycles. The molecule has 0 aromatic heterocycles. The number of rotatable bonds is 1. The van der Waals surface area contributed by atoms with Crippen LogP contribution in [0, 0.1) is 11.3 Å². The van der Waals surface area contributed by atoms with E-state index in [9.17, 15) is 5.11 Å². The summed E-state index contributed by atoms with van der Waals surface area (Å²) in [6.07, 6.45) is -1.07. The van der Waals surface area contributed by atoms with Crippen LogP contribution in [0.2, 0.25) is 0 Å². The van der Waals surface area contributed by atoms with Crippen LogP contribution in [-0.2, 0) is 0 Å². The van der Waals surface area contributed by atoms with E-state index in [1.807, 2.05) is 54.6 Å². The van der Waals surface area contributed by atoms with Crippen LogP contribution in [0.25, 0.3) is 0 Å². The number of benzene rings is 2. The van der Waals surface area contributed by atoms with Crippen molar-refractivity contribution in [2.24, 2.45) is 0 Å². The first-order valence-corrected chi connectivity index (χ1v) is 5.74. The number of para-hydroxylation sites is 2. The largest absolute Gasteiger partial charge is 0.457 e. The fourth-order valence-corrected chi connectivity index (χ4v) is 2.36. The first-order chi connectivity index (χ1) is 8.81. The van der Waals surface area contributed by atoms with E-state index in [-0.39, 0.29) is 5.92 Å². The van der Waals surface area contributed by atoms with Crippen LogP contribution in [0.3, 0.4) is 0 Å². The van der Waals surface area contributed by atoms with Gasteiger partial charge in [0.05, 0.1) is 12.0 Å². The molecule has 0 amide bonds. The SMILES string of the molecule is N#CC(O)C1c2ccccc2Oc2ccccc21. The lowest BCUT2D eigenvalue weighted by molar-refractivity contribution is 0.205. The summed E-state index contributed by atoms with van der Waals surface area (Å²) < 4.78 is 5.78. The third-order valence-corrected chi connectivity index (χ3v) is 3.18. The standard InChI is InChI=1S/C15H11NO2/c16-9-12(17)15-10-5-1-3-7-13(10)18-14-8-4-2-6-11(14)15/h1-8,12,15,17H. The van der Waals surface area contributed by atoms with E-state index >= 15 is 0 Å². The summed E-state index contributed by atoms with van der Waals surface area (Å²) in [4.78, 5) is 0. The molecule has 3 heteroatoms. The Labute approximate surface area is 105 Å². The molecule has 2 aromatic rings. The summed E-state index contributed by atoms with van der Waals surface area (Å²) in [6, 6.07) is 16.9. The number of hydrogen-bond acceptors (Lipinski definition) is 3. The van der Waals surface area contributed by atoms with Crippen LogP contribution in [0.4, 0.5) is 0 Å². The van der Waals surface area contributed by atoms with E-state index < -0.39 is 6.10 Å². The highest BCUT2D eigenvalue weighted by Crippen LogP contribution is 2.45. The molecular weight excluding hydrogens is 226 g/mol. The fraction of sp³-hybridized carbons (Fsp3) is 0.133. The van der Waals surface area contributed by atoms with Gasteiger partial charge < -0.3 is 9.84 Å². The molecule has 0 aliphatic carbocycles. The van der Waals surface area contributed by atoms with Gasteiger partial charge in [0.2, 0.25) is 0 Å². The maximum atomic E-state index is 9.96. The van der Waals surface area contributed by atoms with Gasteiger partial charge in [-0.1, -0.05) is 36.4 Å². The van der Waals surface area contributed by atoms with E-state index in [4.69, 9.17) is 10.00 Å². The molecule has 1 aliphatic heterocycles. The Kier molecular flexibility index (Phi) is 2.51. The van der Waals surface area contributed by atoms with E-state index in [1.54, 1.807) is 0 Å². The number of nitrogens with zero attached hydrogens (tertiary/aromatic N) is 1. The molecule has 1 aliphatic rings. The monoisotopic (exact) mass is 237 g/mol. The molecule has 88 valence electrons. The predicted molar refractivity (Wildman–Crippen MR) is 66.4 cm³/mol. The normalized spacial score (nSPS) is 14.9. The van der Waals surface area contributed by atoms with Gasteiger partial charge in [-0.25, -0.2) is 0 Å². The molecule has 1 heterocycles. The summed E-state index contributed by atoms with van der Waals surface area (Å²) in [7, 11) is 0. The zero-order valence-electron chi connectivity index (χ0n) is 9.58. The molecule has 0 bridgehead atoms. The number of fused-ring (bicyclic) bond motifs is 2. The van der Waals surface area contributed by atoms with Crippen LogP contribution in [0.5, 0.6) is 11.5 Å². The van der Waals surface area contributed by atoms with Crippen LogP contribution in [0.15, 0.2) is 48.5 Å². The Hall–Kier alpha value is -2.31. The first-order valence-electron chi connectivity index (χ1n) is 5.74. The number of aliphatic hydroxyl groups is 1. The predicted octanol–water partition coefficient (Wildman–Crippen LogP) is 2.81. The van der Waals surface area contributed by atoms with Gasteiger partial charge in [0.15, 0.2) is 6.10 Å². The van der Waals surface area contributed by atoms with Crippen molar-refractivity contribution in [3.63, 3.8) is 0 Å². The van der Waals surface area contributed by atoms with Gasteiger partial charge in [-0.2, -0.15) is 5.26 Å². The Morgan fingerprint density at radius 2 is 1.50 bits per heavy atom. The highest BCUT2D eigenvalue weighted by Gasteiger charge is 2.32. The van der Waals surface area contributed by atoms with Gasteiger partial charge in [0, 0.05) is 11.1 Å². The minimum Gasteiger partial charge on any atom is -0.457 e. The average molecular weight is 237 g/mol. The van der Waals surface area contributed by atoms with Crippen molar-refractivity contribution in [2.75, 3.05) is 0 Å². The van der Waals surface area contributed by atoms with Crippen molar-refractivity contribution in [3.05, 3.63) is 59.7 Å². The lowest BCUT2D eigenvalue weighted by Crippen LogP contribution is -2.21. The van der Waals surface area contributed by atoms with Gasteiger partial charge in [0.1, 0.15) is 11.5 Å². The van der Waals surface area contributed by atoms with Crippen LogP contribution in [-0.4, -0.2) is 11.2 Å². The second kappa shape index (κ2) is 4.17. The van der Waals surface area contributed by atoms with Gasteiger partial charge in [0.25, 0.3) is 0 Å². The molecule has 0 radical (unpaired) electrons. The Bertz CT molecular complexity index is 585. The first kappa shape index (κ1) is 10.8. The van der Waals surface area contributed by atoms with E-state index in [0.717, 1.165) is 11.1 Å². The molecule has 3 rings (SSSR count). The zero-order chi connectivity index (χ0) is 12.5. The molecule has 0 fully saturated rings. The lowest BCUT2D eigenvalue weighted by atomic mass is 9.84. The molecule has 1 N–H and O–H groups in total. The third kappa shape index (κ3) is 1.55. The van der Waals surface area contributed by atoms with E-state index in [1.165, 1.54) is 0 Å². The van der Waals surface area contributed by atoms with E-state index in [0.29, 0.717) is 11.5 Å². The van der Waals surface area contributed by atoms with Gasteiger partial charge in [-0.15, -0.1) is 0 Å². The van der Waals surface area contributed by atoms with Crippen molar-refractivity contribution >= 4 is 0 Å². The highest BCUT2D eigenvalue weighted by molar-refractivity contribution is 5.54. The van der Waals surface area contributed by atoms with Crippen LogP contribution in [0.1, 0.15) is 17.0 Å². The molecule has 0 saturated carbocycles. The van der Waals surface area contributed by atoms with Gasteiger partial charge in [-0.05, 0) is 12.1 Å². The number of ether oxygens (including phenoxy) is 1. The summed E-state index contributed by atoms with van der Waals surface area (Å²) in [6.45, 7) is 0. The molecule has 1 unspecified atom stereocenters. The Morgan fingerprint density at radius 1 is 1.00 bits per heavy atom. The lowest BCUT2D eigenvalue weighted by Gasteiger charge is -2.28. The molecule has 1 atom stereocenters. The highest BCUT2D eigenvalue weighted by atomic mass is 16.5. The average Bonchev–Trinajstić information content (AvgIpc) is 2.44. The molecule has 3 nitrogen and oxygen atoms in total. The second-order valence-corrected chi connectivity index (χ2v) is 4.23. The minimum absolute atomic E-state index is 0.351.